The van der Waals surface area contributed by atoms with Crippen molar-refractivity contribution in [3.63, 3.8) is 0 Å². The molecule has 6 heteroatoms. The van der Waals surface area contributed by atoms with Gasteiger partial charge in [-0.05, 0) is 13.3 Å². The first kappa shape index (κ1) is 17.1. The molecule has 0 aromatic carbocycles. The van der Waals surface area contributed by atoms with Gasteiger partial charge < -0.3 is 10.8 Å². The Hall–Kier alpha value is -0.880. The molecule has 0 aromatic rings. The number of ketones is 2. The molecular weight excluding hydrogens is 254 g/mol. The molecule has 0 saturated heterocycles. The zero-order chi connectivity index (χ0) is 14.1. The van der Waals surface area contributed by atoms with E-state index >= 15 is 0 Å². The van der Waals surface area contributed by atoms with Gasteiger partial charge in [-0.2, -0.15) is 0 Å². The highest BCUT2D eigenvalue weighted by Gasteiger charge is 2.22. The van der Waals surface area contributed by atoms with Crippen molar-refractivity contribution in [3.8, 4) is 0 Å². The third-order valence-corrected chi connectivity index (χ3v) is 3.79. The van der Waals surface area contributed by atoms with E-state index in [9.17, 15) is 14.4 Å². The Morgan fingerprint density at radius 2 is 1.94 bits per heavy atom. The molecule has 104 valence electrons. The molecule has 5 nitrogen and oxygen atoms in total. The van der Waals surface area contributed by atoms with Crippen LogP contribution in [-0.4, -0.2) is 39.7 Å². The predicted octanol–water partition coefficient (Wildman–Crippen LogP) is 1.24. The SMILES string of the molecule is CCCCC(=O)C(CC(C)=O)SCC(N)C(=O)O. The molecule has 0 aromatic heterocycles. The van der Waals surface area contributed by atoms with Crippen molar-refractivity contribution in [2.45, 2.75) is 50.8 Å². The molecule has 0 aliphatic heterocycles. The van der Waals surface area contributed by atoms with E-state index in [0.717, 1.165) is 12.8 Å². The molecule has 0 fully saturated rings. The molecular formula is C12H21NO4S. The van der Waals surface area contributed by atoms with E-state index in [-0.39, 0.29) is 23.7 Å². The van der Waals surface area contributed by atoms with Gasteiger partial charge in [-0.25, -0.2) is 0 Å². The molecule has 0 saturated carbocycles. The molecule has 0 aliphatic rings. The topological polar surface area (TPSA) is 97.5 Å². The molecule has 0 heterocycles. The van der Waals surface area contributed by atoms with Crippen LogP contribution in [0.5, 0.6) is 0 Å². The monoisotopic (exact) mass is 275 g/mol. The minimum absolute atomic E-state index is 0.00892. The van der Waals surface area contributed by atoms with E-state index in [1.807, 2.05) is 6.92 Å². The van der Waals surface area contributed by atoms with Crippen molar-refractivity contribution < 1.29 is 19.5 Å². The number of rotatable bonds is 10. The maximum atomic E-state index is 11.9. The first-order valence-electron chi connectivity index (χ1n) is 6.00. The lowest BCUT2D eigenvalue weighted by Gasteiger charge is -2.15. The van der Waals surface area contributed by atoms with Gasteiger partial charge in [0, 0.05) is 18.6 Å². The summed E-state index contributed by atoms with van der Waals surface area (Å²) in [6, 6.07) is -0.997. The second kappa shape index (κ2) is 9.10. The summed E-state index contributed by atoms with van der Waals surface area (Å²) < 4.78 is 0. The number of carbonyl (C=O) groups excluding carboxylic acids is 2. The van der Waals surface area contributed by atoms with Crippen molar-refractivity contribution in [3.05, 3.63) is 0 Å². The summed E-state index contributed by atoms with van der Waals surface area (Å²) in [5.74, 6) is -1.01. The average molecular weight is 275 g/mol. The number of aliphatic carboxylic acids is 1. The normalized spacial score (nSPS) is 13.9. The van der Waals surface area contributed by atoms with Crippen LogP contribution in [0.25, 0.3) is 0 Å². The van der Waals surface area contributed by atoms with Gasteiger partial charge in [-0.1, -0.05) is 13.3 Å². The molecule has 0 radical (unpaired) electrons. The smallest absolute Gasteiger partial charge is 0.321 e. The largest absolute Gasteiger partial charge is 0.480 e. The van der Waals surface area contributed by atoms with E-state index in [2.05, 4.69) is 0 Å². The highest BCUT2D eigenvalue weighted by molar-refractivity contribution is 8.00. The van der Waals surface area contributed by atoms with Crippen molar-refractivity contribution in [2.75, 3.05) is 5.75 Å². The maximum absolute atomic E-state index is 11.9. The Bertz CT molecular complexity index is 306. The molecule has 18 heavy (non-hydrogen) atoms. The van der Waals surface area contributed by atoms with Gasteiger partial charge in [0.05, 0.1) is 5.25 Å². The number of unbranched alkanes of at least 4 members (excludes halogenated alkanes) is 1. The number of hydrogen-bond donors (Lipinski definition) is 2. The summed E-state index contributed by atoms with van der Waals surface area (Å²) >= 11 is 1.17. The summed E-state index contributed by atoms with van der Waals surface area (Å²) in [6.07, 6.45) is 2.29. The van der Waals surface area contributed by atoms with Gasteiger partial charge in [-0.3, -0.25) is 14.4 Å². The highest BCUT2D eigenvalue weighted by atomic mass is 32.2. The van der Waals surface area contributed by atoms with Gasteiger partial charge >= 0.3 is 5.97 Å². The van der Waals surface area contributed by atoms with Gasteiger partial charge in [0.2, 0.25) is 0 Å². The van der Waals surface area contributed by atoms with Crippen LogP contribution in [0, 0.1) is 0 Å². The predicted molar refractivity (Wildman–Crippen MR) is 71.7 cm³/mol. The lowest BCUT2D eigenvalue weighted by atomic mass is 10.1. The van der Waals surface area contributed by atoms with Crippen LogP contribution in [0.15, 0.2) is 0 Å². The van der Waals surface area contributed by atoms with E-state index in [0.29, 0.717) is 6.42 Å². The van der Waals surface area contributed by atoms with Crippen LogP contribution in [0.3, 0.4) is 0 Å². The van der Waals surface area contributed by atoms with E-state index < -0.39 is 17.3 Å². The van der Waals surface area contributed by atoms with Crippen LogP contribution in [0.1, 0.15) is 39.5 Å². The standard InChI is InChI=1S/C12H21NO4S/c1-3-4-5-10(15)11(6-8(2)14)18-7-9(13)12(16)17/h9,11H,3-7,13H2,1-2H3,(H,16,17). The lowest BCUT2D eigenvalue weighted by molar-refractivity contribution is -0.138. The minimum Gasteiger partial charge on any atom is -0.480 e. The van der Waals surface area contributed by atoms with Gasteiger partial charge in [-0.15, -0.1) is 11.8 Å². The summed E-state index contributed by atoms with van der Waals surface area (Å²) in [4.78, 5) is 33.5. The summed E-state index contributed by atoms with van der Waals surface area (Å²) in [6.45, 7) is 3.42. The van der Waals surface area contributed by atoms with E-state index in [1.165, 1.54) is 18.7 Å². The number of hydrogen-bond acceptors (Lipinski definition) is 5. The van der Waals surface area contributed by atoms with Gasteiger partial charge in [0.25, 0.3) is 0 Å². The first-order chi connectivity index (χ1) is 8.38. The minimum atomic E-state index is -1.09. The second-order valence-corrected chi connectivity index (χ2v) is 5.48. The fourth-order valence-electron chi connectivity index (χ4n) is 1.33. The van der Waals surface area contributed by atoms with Crippen molar-refractivity contribution >= 4 is 29.3 Å². The van der Waals surface area contributed by atoms with Crippen molar-refractivity contribution in [1.29, 1.82) is 0 Å². The molecule has 0 amide bonds. The average Bonchev–Trinajstić information content (AvgIpc) is 2.30. The number of carbonyl (C=O) groups is 3. The number of thioether (sulfide) groups is 1. The third kappa shape index (κ3) is 7.45. The maximum Gasteiger partial charge on any atom is 0.321 e. The number of carboxylic acids is 1. The number of Topliss-reactive ketones (excluding diaryl/α,β-unsaturated/α-hetero) is 2. The molecule has 0 bridgehead atoms. The summed E-state index contributed by atoms with van der Waals surface area (Å²) in [5, 5.41) is 8.21. The molecule has 0 rings (SSSR count). The van der Waals surface area contributed by atoms with E-state index in [4.69, 9.17) is 10.8 Å². The quantitative estimate of drug-likeness (QED) is 0.622. The van der Waals surface area contributed by atoms with Crippen LogP contribution in [-0.2, 0) is 14.4 Å². The van der Waals surface area contributed by atoms with Crippen LogP contribution in [0.2, 0.25) is 0 Å². The molecule has 3 N–H and O–H groups in total. The van der Waals surface area contributed by atoms with Crippen LogP contribution < -0.4 is 5.73 Å². The molecule has 2 atom stereocenters. The molecule has 0 spiro atoms. The summed E-state index contributed by atoms with van der Waals surface area (Å²) in [7, 11) is 0. The number of nitrogens with two attached hydrogens (primary N) is 1. The van der Waals surface area contributed by atoms with Gasteiger partial charge in [0.1, 0.15) is 17.6 Å². The van der Waals surface area contributed by atoms with E-state index in [1.54, 1.807) is 0 Å². The zero-order valence-electron chi connectivity index (χ0n) is 10.8. The Kier molecular flexibility index (Phi) is 8.66. The second-order valence-electron chi connectivity index (χ2n) is 4.24. The molecule has 2 unspecified atom stereocenters. The fourth-order valence-corrected chi connectivity index (χ4v) is 2.57. The van der Waals surface area contributed by atoms with Crippen LogP contribution in [0.4, 0.5) is 0 Å². The van der Waals surface area contributed by atoms with Crippen molar-refractivity contribution in [1.82, 2.24) is 0 Å². The Morgan fingerprint density at radius 1 is 1.33 bits per heavy atom. The number of carboxylic acid groups (broad SMARTS) is 1. The molecule has 0 aliphatic carbocycles. The third-order valence-electron chi connectivity index (χ3n) is 2.40. The Labute approximate surface area is 111 Å². The Balaban J connectivity index is 4.34. The van der Waals surface area contributed by atoms with Gasteiger partial charge in [0.15, 0.2) is 0 Å². The first-order valence-corrected chi connectivity index (χ1v) is 7.05. The zero-order valence-corrected chi connectivity index (χ0v) is 11.7. The lowest BCUT2D eigenvalue weighted by Crippen LogP contribution is -2.34. The van der Waals surface area contributed by atoms with Crippen molar-refractivity contribution in [2.24, 2.45) is 5.73 Å². The Morgan fingerprint density at radius 3 is 2.39 bits per heavy atom. The highest BCUT2D eigenvalue weighted by Crippen LogP contribution is 2.19. The fraction of sp³-hybridized carbons (Fsp3) is 0.750. The van der Waals surface area contributed by atoms with Crippen LogP contribution >= 0.6 is 11.8 Å². The summed E-state index contributed by atoms with van der Waals surface area (Å²) in [5.41, 5.74) is 5.38.